The van der Waals surface area contributed by atoms with E-state index in [1.165, 1.54) is 7.11 Å². The number of rotatable bonds is 10. The lowest BCUT2D eigenvalue weighted by Crippen LogP contribution is -2.52. The van der Waals surface area contributed by atoms with Crippen LogP contribution in [-0.4, -0.2) is 54.8 Å². The molecule has 2 atom stereocenters. The van der Waals surface area contributed by atoms with Crippen molar-refractivity contribution in [3.63, 3.8) is 0 Å². The first kappa shape index (κ1) is 21.7. The van der Waals surface area contributed by atoms with Crippen LogP contribution in [0, 0.1) is 0 Å². The van der Waals surface area contributed by atoms with Crippen LogP contribution >= 0.6 is 0 Å². The van der Waals surface area contributed by atoms with Gasteiger partial charge in [-0.1, -0.05) is 30.3 Å². The zero-order valence-electron chi connectivity index (χ0n) is 15.1. The summed E-state index contributed by atoms with van der Waals surface area (Å²) in [6.07, 6.45) is 0.698. The fourth-order valence-electron chi connectivity index (χ4n) is 2.30. The third-order valence-corrected chi connectivity index (χ3v) is 3.62. The van der Waals surface area contributed by atoms with E-state index in [2.05, 4.69) is 15.6 Å². The van der Waals surface area contributed by atoms with Gasteiger partial charge in [0.25, 0.3) is 0 Å². The number of esters is 1. The van der Waals surface area contributed by atoms with Crippen LogP contribution in [0.15, 0.2) is 35.3 Å². The quantitative estimate of drug-likeness (QED) is 0.159. The van der Waals surface area contributed by atoms with Gasteiger partial charge in [-0.3, -0.25) is 4.99 Å². The number of carbonyl (C=O) groups excluding carboxylic acids is 2. The highest BCUT2D eigenvalue weighted by Crippen LogP contribution is 2.05. The number of ether oxygens (including phenoxy) is 1. The number of nitrogens with two attached hydrogens (primary N) is 2. The number of carboxylic acids is 1. The Kier molecular flexibility index (Phi) is 9.13. The van der Waals surface area contributed by atoms with E-state index in [1.54, 1.807) is 24.3 Å². The molecule has 0 spiro atoms. The van der Waals surface area contributed by atoms with Crippen molar-refractivity contribution in [3.8, 4) is 0 Å². The molecule has 7 N–H and O–H groups in total. The number of benzene rings is 1. The number of methoxy groups -OCH3 is 1. The number of aliphatic imine (C=N–C) groups is 1. The Morgan fingerprint density at radius 2 is 1.78 bits per heavy atom. The Labute approximate surface area is 157 Å². The molecule has 0 heterocycles. The zero-order chi connectivity index (χ0) is 20.2. The van der Waals surface area contributed by atoms with Crippen LogP contribution in [-0.2, 0) is 20.7 Å². The van der Waals surface area contributed by atoms with Crippen molar-refractivity contribution in [2.45, 2.75) is 31.3 Å². The van der Waals surface area contributed by atoms with E-state index >= 15 is 0 Å². The van der Waals surface area contributed by atoms with Gasteiger partial charge in [-0.05, 0) is 18.4 Å². The van der Waals surface area contributed by atoms with Gasteiger partial charge in [0.2, 0.25) is 0 Å². The summed E-state index contributed by atoms with van der Waals surface area (Å²) >= 11 is 0. The number of hydrogen-bond acceptors (Lipinski definition) is 5. The van der Waals surface area contributed by atoms with Gasteiger partial charge in [-0.15, -0.1) is 0 Å². The van der Waals surface area contributed by atoms with Gasteiger partial charge in [0.15, 0.2) is 5.96 Å². The summed E-state index contributed by atoms with van der Waals surface area (Å²) in [4.78, 5) is 39.2. The highest BCUT2D eigenvalue weighted by atomic mass is 16.5. The molecule has 0 aliphatic rings. The molecule has 10 nitrogen and oxygen atoms in total. The Morgan fingerprint density at radius 3 is 2.33 bits per heavy atom. The molecule has 0 saturated heterocycles. The fourth-order valence-corrected chi connectivity index (χ4v) is 2.30. The molecular weight excluding hydrogens is 354 g/mol. The van der Waals surface area contributed by atoms with Crippen LogP contribution in [0.5, 0.6) is 0 Å². The molecule has 0 aliphatic heterocycles. The molecule has 0 fully saturated rings. The highest BCUT2D eigenvalue weighted by molar-refractivity contribution is 5.86. The monoisotopic (exact) mass is 379 g/mol. The lowest BCUT2D eigenvalue weighted by Gasteiger charge is -2.19. The maximum Gasteiger partial charge on any atom is 0.328 e. The molecule has 2 amide bonds. The first-order chi connectivity index (χ1) is 12.8. The van der Waals surface area contributed by atoms with Crippen LogP contribution in [0.3, 0.4) is 0 Å². The second kappa shape index (κ2) is 11.3. The molecule has 0 bridgehead atoms. The summed E-state index contributed by atoms with van der Waals surface area (Å²) in [5.74, 6) is -1.92. The first-order valence-electron chi connectivity index (χ1n) is 8.30. The van der Waals surface area contributed by atoms with Crippen molar-refractivity contribution in [2.24, 2.45) is 16.5 Å². The van der Waals surface area contributed by atoms with E-state index in [0.29, 0.717) is 6.42 Å². The smallest absolute Gasteiger partial charge is 0.328 e. The van der Waals surface area contributed by atoms with Gasteiger partial charge in [0.1, 0.15) is 12.1 Å². The van der Waals surface area contributed by atoms with Gasteiger partial charge in [-0.25, -0.2) is 14.4 Å². The molecule has 0 unspecified atom stereocenters. The highest BCUT2D eigenvalue weighted by Gasteiger charge is 2.25. The van der Waals surface area contributed by atoms with E-state index in [0.717, 1.165) is 5.56 Å². The van der Waals surface area contributed by atoms with Gasteiger partial charge in [0, 0.05) is 13.0 Å². The molecule has 0 aliphatic carbocycles. The Hall–Kier alpha value is -3.30. The van der Waals surface area contributed by atoms with Crippen LogP contribution < -0.4 is 22.1 Å². The molecule has 0 saturated carbocycles. The SMILES string of the molecule is COC(=O)[C@H](Cc1ccccc1)NC(=O)N[C@@H](CCCN=C(N)N)C(=O)O. The van der Waals surface area contributed by atoms with E-state index in [9.17, 15) is 19.5 Å². The summed E-state index contributed by atoms with van der Waals surface area (Å²) in [5.41, 5.74) is 11.2. The number of guanidine groups is 1. The lowest BCUT2D eigenvalue weighted by atomic mass is 10.1. The molecule has 1 aromatic carbocycles. The topological polar surface area (TPSA) is 169 Å². The molecule has 0 radical (unpaired) electrons. The van der Waals surface area contributed by atoms with Gasteiger partial charge < -0.3 is 31.9 Å². The fraction of sp³-hybridized carbons (Fsp3) is 0.412. The number of amides is 2. The second-order valence-electron chi connectivity index (χ2n) is 5.72. The predicted molar refractivity (Wildman–Crippen MR) is 99.0 cm³/mol. The van der Waals surface area contributed by atoms with E-state index < -0.39 is 30.1 Å². The molecule has 10 heteroatoms. The van der Waals surface area contributed by atoms with Crippen LogP contribution in [0.25, 0.3) is 0 Å². The summed E-state index contributed by atoms with van der Waals surface area (Å²) in [5, 5.41) is 14.0. The third kappa shape index (κ3) is 8.56. The molecule has 27 heavy (non-hydrogen) atoms. The maximum atomic E-state index is 12.2. The third-order valence-electron chi connectivity index (χ3n) is 3.62. The summed E-state index contributed by atoms with van der Waals surface area (Å²) in [6.45, 7) is 0.244. The Bertz CT molecular complexity index is 661. The van der Waals surface area contributed by atoms with Crippen molar-refractivity contribution < 1.29 is 24.2 Å². The minimum Gasteiger partial charge on any atom is -0.480 e. The number of nitrogens with zero attached hydrogens (tertiary/aromatic N) is 1. The Balaban J connectivity index is 2.65. The van der Waals surface area contributed by atoms with Gasteiger partial charge in [-0.2, -0.15) is 0 Å². The minimum atomic E-state index is -1.20. The largest absolute Gasteiger partial charge is 0.480 e. The lowest BCUT2D eigenvalue weighted by molar-refractivity contribution is -0.142. The standard InChI is InChI=1S/C17H25N5O5/c1-27-15(25)13(10-11-6-3-2-4-7-11)22-17(26)21-12(14(23)24)8-5-9-20-16(18)19/h2-4,6-7,12-13H,5,8-10H2,1H3,(H,23,24)(H4,18,19,20)(H2,21,22,26)/t12-,13-/m0/s1. The number of nitrogens with one attached hydrogen (secondary N) is 2. The molecule has 0 aromatic heterocycles. The minimum absolute atomic E-state index is 0.0885. The summed E-state index contributed by atoms with van der Waals surface area (Å²) < 4.78 is 4.70. The van der Waals surface area contributed by atoms with E-state index in [1.807, 2.05) is 6.07 Å². The van der Waals surface area contributed by atoms with Crippen LogP contribution in [0.4, 0.5) is 4.79 Å². The molecular formula is C17H25N5O5. The summed E-state index contributed by atoms with van der Waals surface area (Å²) in [7, 11) is 1.21. The Morgan fingerprint density at radius 1 is 1.15 bits per heavy atom. The van der Waals surface area contributed by atoms with Crippen molar-refractivity contribution in [1.82, 2.24) is 10.6 Å². The van der Waals surface area contributed by atoms with Gasteiger partial charge in [0.05, 0.1) is 7.11 Å². The van der Waals surface area contributed by atoms with Gasteiger partial charge >= 0.3 is 18.0 Å². The summed E-state index contributed by atoms with van der Waals surface area (Å²) in [6, 6.07) is 6.18. The molecule has 148 valence electrons. The number of carboxylic acid groups (broad SMARTS) is 1. The molecule has 1 rings (SSSR count). The van der Waals surface area contributed by atoms with Crippen molar-refractivity contribution in [2.75, 3.05) is 13.7 Å². The van der Waals surface area contributed by atoms with E-state index in [-0.39, 0.29) is 25.3 Å². The first-order valence-corrected chi connectivity index (χ1v) is 8.30. The number of urea groups is 1. The van der Waals surface area contributed by atoms with Crippen LogP contribution in [0.1, 0.15) is 18.4 Å². The number of aliphatic carboxylic acids is 1. The van der Waals surface area contributed by atoms with Crippen molar-refractivity contribution >= 4 is 23.9 Å². The average molecular weight is 379 g/mol. The number of carbonyl (C=O) groups is 3. The zero-order valence-corrected chi connectivity index (χ0v) is 15.1. The molecule has 1 aromatic rings. The second-order valence-corrected chi connectivity index (χ2v) is 5.72. The predicted octanol–water partition coefficient (Wildman–Crippen LogP) is -0.423. The van der Waals surface area contributed by atoms with E-state index in [4.69, 9.17) is 16.2 Å². The number of hydrogen-bond donors (Lipinski definition) is 5. The maximum absolute atomic E-state index is 12.2. The van der Waals surface area contributed by atoms with Crippen molar-refractivity contribution in [1.29, 1.82) is 0 Å². The van der Waals surface area contributed by atoms with Crippen LogP contribution in [0.2, 0.25) is 0 Å². The normalized spacial score (nSPS) is 12.3. The van der Waals surface area contributed by atoms with Crippen molar-refractivity contribution in [3.05, 3.63) is 35.9 Å². The average Bonchev–Trinajstić information content (AvgIpc) is 2.63.